The van der Waals surface area contributed by atoms with Gasteiger partial charge in [0.1, 0.15) is 5.75 Å². The highest BCUT2D eigenvalue weighted by Crippen LogP contribution is 2.30. The van der Waals surface area contributed by atoms with E-state index in [2.05, 4.69) is 15.7 Å². The molecule has 0 aliphatic carbocycles. The predicted molar refractivity (Wildman–Crippen MR) is 140 cm³/mol. The summed E-state index contributed by atoms with van der Waals surface area (Å²) in [4.78, 5) is 26.1. The molecule has 0 spiro atoms. The van der Waals surface area contributed by atoms with E-state index in [0.717, 1.165) is 11.1 Å². The van der Waals surface area contributed by atoms with Crippen molar-refractivity contribution < 1.29 is 14.3 Å². The molecule has 0 radical (unpaired) electrons. The molecule has 0 bridgehead atoms. The van der Waals surface area contributed by atoms with Gasteiger partial charge in [-0.1, -0.05) is 30.3 Å². The van der Waals surface area contributed by atoms with Gasteiger partial charge in [-0.25, -0.2) is 0 Å². The monoisotopic (exact) mass is 484 g/mol. The number of aryl methyl sites for hydroxylation is 2. The second-order valence-corrected chi connectivity index (χ2v) is 8.32. The summed E-state index contributed by atoms with van der Waals surface area (Å²) in [6, 6.07) is 21.9. The van der Waals surface area contributed by atoms with Gasteiger partial charge in [-0.3, -0.25) is 9.59 Å². The second kappa shape index (κ2) is 11.3. The molecule has 4 aromatic rings. The first-order chi connectivity index (χ1) is 17.4. The van der Waals surface area contributed by atoms with Gasteiger partial charge in [-0.05, 0) is 67.4 Å². The van der Waals surface area contributed by atoms with E-state index in [1.165, 1.54) is 10.9 Å². The zero-order valence-electron chi connectivity index (χ0n) is 20.4. The SMILES string of the molecule is COCCNC(=O)c1cccc(Nc2c(Oc3cc(C)cc(C)c3)cnn(-c3ccccc3)c2=O)c1. The molecule has 36 heavy (non-hydrogen) atoms. The van der Waals surface area contributed by atoms with E-state index in [-0.39, 0.29) is 17.3 Å². The lowest BCUT2D eigenvalue weighted by Crippen LogP contribution is -2.27. The van der Waals surface area contributed by atoms with Crippen molar-refractivity contribution in [2.75, 3.05) is 25.6 Å². The summed E-state index contributed by atoms with van der Waals surface area (Å²) in [5.41, 5.74) is 3.51. The van der Waals surface area contributed by atoms with Crippen molar-refractivity contribution in [3.63, 3.8) is 0 Å². The number of hydrogen-bond donors (Lipinski definition) is 2. The number of aromatic nitrogens is 2. The van der Waals surface area contributed by atoms with E-state index in [9.17, 15) is 9.59 Å². The first kappa shape index (κ1) is 24.7. The minimum atomic E-state index is -0.391. The molecule has 0 saturated carbocycles. The van der Waals surface area contributed by atoms with Crippen LogP contribution in [0.2, 0.25) is 0 Å². The number of amides is 1. The molecule has 8 heteroatoms. The lowest BCUT2D eigenvalue weighted by Gasteiger charge is -2.15. The molecule has 2 N–H and O–H groups in total. The minimum absolute atomic E-state index is 0.199. The zero-order chi connectivity index (χ0) is 25.5. The molecule has 0 fully saturated rings. The maximum Gasteiger partial charge on any atom is 0.299 e. The Labute approximate surface area is 209 Å². The number of ether oxygens (including phenoxy) is 2. The summed E-state index contributed by atoms with van der Waals surface area (Å²) in [5, 5.41) is 10.3. The number of anilines is 2. The molecule has 8 nitrogen and oxygen atoms in total. The Kier molecular flexibility index (Phi) is 7.77. The first-order valence-corrected chi connectivity index (χ1v) is 11.5. The second-order valence-electron chi connectivity index (χ2n) is 8.32. The van der Waals surface area contributed by atoms with Crippen molar-refractivity contribution in [2.24, 2.45) is 0 Å². The number of para-hydroxylation sites is 1. The standard InChI is InChI=1S/C28H28N4O4/c1-19-14-20(2)16-24(15-19)36-25-18-30-32(23-10-5-4-6-11-23)28(34)26(25)31-22-9-7-8-21(17-22)27(33)29-12-13-35-3/h4-11,14-18,31H,12-13H2,1-3H3,(H,29,33). The van der Waals surface area contributed by atoms with Crippen molar-refractivity contribution in [2.45, 2.75) is 13.8 Å². The molecular weight excluding hydrogens is 456 g/mol. The van der Waals surface area contributed by atoms with Crippen molar-refractivity contribution in [1.82, 2.24) is 15.1 Å². The molecule has 0 saturated heterocycles. The van der Waals surface area contributed by atoms with E-state index in [1.807, 2.05) is 50.2 Å². The van der Waals surface area contributed by atoms with Crippen LogP contribution in [0.5, 0.6) is 11.5 Å². The number of rotatable bonds is 9. The fourth-order valence-corrected chi connectivity index (χ4v) is 3.75. The summed E-state index contributed by atoms with van der Waals surface area (Å²) >= 11 is 0. The molecule has 0 aliphatic heterocycles. The number of nitrogens with zero attached hydrogens (tertiary/aromatic N) is 2. The number of carbonyl (C=O) groups is 1. The Hall–Kier alpha value is -4.43. The molecule has 3 aromatic carbocycles. The lowest BCUT2D eigenvalue weighted by atomic mass is 10.1. The van der Waals surface area contributed by atoms with E-state index >= 15 is 0 Å². The predicted octanol–water partition coefficient (Wildman–Crippen LogP) is 4.76. The van der Waals surface area contributed by atoms with Gasteiger partial charge in [0, 0.05) is 24.9 Å². The van der Waals surface area contributed by atoms with E-state index < -0.39 is 5.56 Å². The average molecular weight is 485 g/mol. The number of methoxy groups -OCH3 is 1. The summed E-state index contributed by atoms with van der Waals surface area (Å²) < 4.78 is 12.4. The Morgan fingerprint density at radius 2 is 1.72 bits per heavy atom. The van der Waals surface area contributed by atoms with Gasteiger partial charge < -0.3 is 20.1 Å². The number of carbonyl (C=O) groups excluding carboxylic acids is 1. The van der Waals surface area contributed by atoms with Gasteiger partial charge in [-0.2, -0.15) is 9.78 Å². The topological polar surface area (TPSA) is 94.5 Å². The van der Waals surface area contributed by atoms with E-state index in [0.29, 0.717) is 35.8 Å². The fourth-order valence-electron chi connectivity index (χ4n) is 3.75. The van der Waals surface area contributed by atoms with Gasteiger partial charge in [0.25, 0.3) is 11.5 Å². The summed E-state index contributed by atoms with van der Waals surface area (Å²) in [6.45, 7) is 4.77. The lowest BCUT2D eigenvalue weighted by molar-refractivity contribution is 0.0937. The van der Waals surface area contributed by atoms with Crippen molar-refractivity contribution >= 4 is 17.3 Å². The number of nitrogens with one attached hydrogen (secondary N) is 2. The maximum atomic E-state index is 13.6. The van der Waals surface area contributed by atoms with Crippen LogP contribution in [0.4, 0.5) is 11.4 Å². The summed E-state index contributed by atoms with van der Waals surface area (Å²) in [5.74, 6) is 0.631. The smallest absolute Gasteiger partial charge is 0.299 e. The van der Waals surface area contributed by atoms with Crippen molar-refractivity contribution in [3.8, 4) is 17.2 Å². The first-order valence-electron chi connectivity index (χ1n) is 11.5. The van der Waals surface area contributed by atoms with Crippen LogP contribution in [-0.2, 0) is 4.74 Å². The van der Waals surface area contributed by atoms with Crippen LogP contribution in [0.3, 0.4) is 0 Å². The van der Waals surface area contributed by atoms with Gasteiger partial charge in [0.2, 0.25) is 0 Å². The normalized spacial score (nSPS) is 10.6. The van der Waals surface area contributed by atoms with Crippen LogP contribution in [0.25, 0.3) is 5.69 Å². The molecule has 0 unspecified atom stereocenters. The highest BCUT2D eigenvalue weighted by molar-refractivity contribution is 5.95. The van der Waals surface area contributed by atoms with Crippen LogP contribution in [0, 0.1) is 13.8 Å². The molecule has 4 rings (SSSR count). The Balaban J connectivity index is 1.72. The van der Waals surface area contributed by atoms with Crippen LogP contribution in [-0.4, -0.2) is 35.9 Å². The third-order valence-corrected chi connectivity index (χ3v) is 5.35. The molecule has 1 heterocycles. The molecule has 0 aliphatic rings. The zero-order valence-corrected chi connectivity index (χ0v) is 20.4. The van der Waals surface area contributed by atoms with Gasteiger partial charge >= 0.3 is 0 Å². The highest BCUT2D eigenvalue weighted by atomic mass is 16.5. The molecular formula is C28H28N4O4. The fraction of sp³-hybridized carbons (Fsp3) is 0.179. The van der Waals surface area contributed by atoms with E-state index in [4.69, 9.17) is 9.47 Å². The van der Waals surface area contributed by atoms with Crippen LogP contribution < -0.4 is 20.9 Å². The van der Waals surface area contributed by atoms with Crippen LogP contribution in [0.1, 0.15) is 21.5 Å². The summed E-state index contributed by atoms with van der Waals surface area (Å²) in [6.07, 6.45) is 1.51. The third kappa shape index (κ3) is 5.97. The quantitative estimate of drug-likeness (QED) is 0.333. The average Bonchev–Trinajstić information content (AvgIpc) is 2.86. The molecule has 184 valence electrons. The van der Waals surface area contributed by atoms with Gasteiger partial charge in [-0.15, -0.1) is 0 Å². The van der Waals surface area contributed by atoms with Crippen molar-refractivity contribution in [1.29, 1.82) is 0 Å². The largest absolute Gasteiger partial charge is 0.453 e. The third-order valence-electron chi connectivity index (χ3n) is 5.35. The highest BCUT2D eigenvalue weighted by Gasteiger charge is 2.16. The Morgan fingerprint density at radius 1 is 0.972 bits per heavy atom. The molecule has 1 aromatic heterocycles. The molecule has 1 amide bonds. The molecule has 0 atom stereocenters. The Morgan fingerprint density at radius 3 is 2.44 bits per heavy atom. The van der Waals surface area contributed by atoms with E-state index in [1.54, 1.807) is 43.5 Å². The summed E-state index contributed by atoms with van der Waals surface area (Å²) in [7, 11) is 1.57. The van der Waals surface area contributed by atoms with Crippen LogP contribution >= 0.6 is 0 Å². The number of hydrogen-bond acceptors (Lipinski definition) is 6. The number of benzene rings is 3. The minimum Gasteiger partial charge on any atom is -0.453 e. The Bertz CT molecular complexity index is 1400. The van der Waals surface area contributed by atoms with Crippen LogP contribution in [0.15, 0.2) is 83.8 Å². The maximum absolute atomic E-state index is 13.6. The van der Waals surface area contributed by atoms with Gasteiger partial charge in [0.15, 0.2) is 11.4 Å². The van der Waals surface area contributed by atoms with Gasteiger partial charge in [0.05, 0.1) is 18.5 Å². The van der Waals surface area contributed by atoms with Crippen molar-refractivity contribution in [3.05, 3.63) is 106 Å².